The summed E-state index contributed by atoms with van der Waals surface area (Å²) in [5.74, 6) is 2.51. The fourth-order valence-electron chi connectivity index (χ4n) is 3.62. The van der Waals surface area contributed by atoms with Crippen LogP contribution in [-0.4, -0.2) is 5.78 Å². The van der Waals surface area contributed by atoms with Gasteiger partial charge in [0.1, 0.15) is 0 Å². The number of carbonyl (C=O) groups is 1. The first kappa shape index (κ1) is 19.3. The van der Waals surface area contributed by atoms with Gasteiger partial charge >= 0.3 is 17.1 Å². The Kier molecular flexibility index (Phi) is 5.79. The molecule has 1 aromatic heterocycles. The summed E-state index contributed by atoms with van der Waals surface area (Å²) in [6.45, 7) is 3.79. The minimum Gasteiger partial charge on any atom is -0.694 e. The molecule has 25 heavy (non-hydrogen) atoms. The second-order valence-electron chi connectivity index (χ2n) is 6.13. The van der Waals surface area contributed by atoms with Gasteiger partial charge in [0.2, 0.25) is 0 Å². The van der Waals surface area contributed by atoms with Gasteiger partial charge in [0.15, 0.2) is 5.78 Å². The minimum atomic E-state index is -0.618. The zero-order valence-electron chi connectivity index (χ0n) is 13.7. The quantitative estimate of drug-likeness (QED) is 0.468. The van der Waals surface area contributed by atoms with Gasteiger partial charge in [0.25, 0.3) is 0 Å². The topological polar surface area (TPSA) is 69.1 Å². The van der Waals surface area contributed by atoms with Gasteiger partial charge in [-0.15, -0.1) is 11.3 Å². The largest absolute Gasteiger partial charge is 1.00 e. The Labute approximate surface area is 163 Å². The maximum Gasteiger partial charge on any atom is 1.00 e. The van der Waals surface area contributed by atoms with Crippen LogP contribution in [0.1, 0.15) is 45.6 Å². The van der Waals surface area contributed by atoms with Crippen LogP contribution in [0.25, 0.3) is 5.70 Å². The van der Waals surface area contributed by atoms with Gasteiger partial charge in [-0.3, -0.25) is 4.79 Å². The number of hydrogen-bond donors (Lipinski definition) is 2. The van der Waals surface area contributed by atoms with Crippen LogP contribution in [0.15, 0.2) is 36.9 Å². The summed E-state index contributed by atoms with van der Waals surface area (Å²) in [7, 11) is 0. The van der Waals surface area contributed by atoms with E-state index in [1.54, 1.807) is 0 Å². The number of nitrogens with two attached hydrogens (primary N) is 2. The van der Waals surface area contributed by atoms with E-state index in [9.17, 15) is 4.79 Å². The molecule has 1 unspecified atom stereocenters. The van der Waals surface area contributed by atoms with Crippen LogP contribution in [0.4, 0.5) is 5.00 Å². The first-order valence-corrected chi connectivity index (χ1v) is 8.68. The fraction of sp³-hybridized carbons (Fsp3) is 0.250. The summed E-state index contributed by atoms with van der Waals surface area (Å²) in [4.78, 5) is 14.1. The van der Waals surface area contributed by atoms with Gasteiger partial charge in [0.05, 0.1) is 15.3 Å². The van der Waals surface area contributed by atoms with Crippen LogP contribution in [-0.2, 0) is 28.9 Å². The van der Waals surface area contributed by atoms with Gasteiger partial charge in [-0.05, 0) is 36.8 Å². The van der Waals surface area contributed by atoms with Crippen molar-refractivity contribution >= 4 is 27.8 Å². The Morgan fingerprint density at radius 1 is 1.36 bits per heavy atom. The van der Waals surface area contributed by atoms with E-state index >= 15 is 0 Å². The molecule has 0 bridgehead atoms. The third-order valence-corrected chi connectivity index (χ3v) is 5.86. The summed E-state index contributed by atoms with van der Waals surface area (Å²) in [6.07, 6.45) is 9.71. The molecule has 0 amide bonds. The van der Waals surface area contributed by atoms with Gasteiger partial charge in [-0.1, -0.05) is 36.9 Å². The predicted octanol–water partition coefficient (Wildman–Crippen LogP) is 3.69. The summed E-state index contributed by atoms with van der Waals surface area (Å²) in [5, 5.41) is 0.559. The minimum absolute atomic E-state index is 0. The van der Waals surface area contributed by atoms with Crippen molar-refractivity contribution in [3.8, 4) is 5.92 Å². The molecule has 4 N–H and O–H groups in total. The number of carbonyl (C=O) groups excluding carboxylic acids is 1. The second kappa shape index (κ2) is 7.49. The molecule has 0 spiro atoms. The summed E-state index contributed by atoms with van der Waals surface area (Å²) in [5.41, 5.74) is 14.4. The monoisotopic (exact) mass is 398 g/mol. The molecule has 1 heterocycles. The van der Waals surface area contributed by atoms with Gasteiger partial charge in [-0.25, -0.2) is 0 Å². The number of hydrogen-bond acceptors (Lipinski definition) is 4. The summed E-state index contributed by atoms with van der Waals surface area (Å²) in [6, 6.07) is 9.82. The standard InChI is InChI=1S/C20H19N2OS.Cu/c1-3-4-11-20(14-8-6-5-7-9-14)12-10-15-16(13(2)21)19(22)24-17(15)18(20)23;/h5-9H,2,4,10-12,21-22H2;/q-1;+1. The molecule has 5 heteroatoms. The number of fused-ring (bicyclic) bond motifs is 1. The Hall–Kier alpha value is -1.99. The number of benzene rings is 1. The molecule has 1 aromatic carbocycles. The van der Waals surface area contributed by atoms with E-state index in [1.165, 1.54) is 11.3 Å². The van der Waals surface area contributed by atoms with Crippen LogP contribution in [0.3, 0.4) is 0 Å². The van der Waals surface area contributed by atoms with Crippen LogP contribution in [0.5, 0.6) is 0 Å². The first-order valence-electron chi connectivity index (χ1n) is 7.87. The second-order valence-corrected chi connectivity index (χ2v) is 7.18. The molecule has 0 saturated carbocycles. The predicted molar refractivity (Wildman–Crippen MR) is 99.1 cm³/mol. The number of rotatable bonds is 4. The maximum absolute atomic E-state index is 13.4. The van der Waals surface area contributed by atoms with Crippen molar-refractivity contribution in [1.82, 2.24) is 0 Å². The smallest absolute Gasteiger partial charge is 0.694 e. The third kappa shape index (κ3) is 3.14. The van der Waals surface area contributed by atoms with Crippen molar-refractivity contribution in [3.05, 3.63) is 64.9 Å². The van der Waals surface area contributed by atoms with E-state index in [-0.39, 0.29) is 22.9 Å². The number of ketones is 1. The van der Waals surface area contributed by atoms with Gasteiger partial charge in [-0.2, -0.15) is 0 Å². The molecule has 0 fully saturated rings. The average molecular weight is 399 g/mol. The molecule has 132 valence electrons. The maximum atomic E-state index is 13.4. The Balaban J connectivity index is 0.00000225. The van der Waals surface area contributed by atoms with E-state index in [2.05, 4.69) is 12.5 Å². The SMILES string of the molecule is [C-]#CCCC1(c2ccccc2)CCc2c(sc(N)c2C(=C)N)C1=O.[Cu+]. The van der Waals surface area contributed by atoms with Crippen molar-refractivity contribution in [2.45, 2.75) is 31.1 Å². The van der Waals surface area contributed by atoms with Crippen molar-refractivity contribution < 1.29 is 21.9 Å². The summed E-state index contributed by atoms with van der Waals surface area (Å²) < 4.78 is 0. The zero-order valence-corrected chi connectivity index (χ0v) is 15.5. The van der Waals surface area contributed by atoms with E-state index in [4.69, 9.17) is 17.9 Å². The van der Waals surface area contributed by atoms with E-state index in [0.717, 1.165) is 23.1 Å². The molecule has 0 radical (unpaired) electrons. The Bertz CT molecular complexity index is 851. The number of anilines is 1. The van der Waals surface area contributed by atoms with Gasteiger partial charge in [0, 0.05) is 11.3 Å². The van der Waals surface area contributed by atoms with Crippen LogP contribution in [0, 0.1) is 12.3 Å². The molecule has 0 aliphatic heterocycles. The molecule has 3 nitrogen and oxygen atoms in total. The average Bonchev–Trinajstić information content (AvgIpc) is 2.92. The normalized spacial score (nSPS) is 18.8. The van der Waals surface area contributed by atoms with Crippen molar-refractivity contribution in [3.63, 3.8) is 0 Å². The molecule has 1 aliphatic rings. The molecule has 1 aliphatic carbocycles. The van der Waals surface area contributed by atoms with Gasteiger partial charge < -0.3 is 23.8 Å². The number of nitrogen functional groups attached to an aromatic ring is 1. The molecular formula is C20H19CuN2OS. The van der Waals surface area contributed by atoms with Crippen LogP contribution >= 0.6 is 11.3 Å². The molecule has 0 saturated heterocycles. The van der Waals surface area contributed by atoms with E-state index < -0.39 is 5.41 Å². The molecule has 3 rings (SSSR count). The number of Topliss-reactive ketones (excluding diaryl/α,β-unsaturated/α-hetero) is 1. The summed E-state index contributed by atoms with van der Waals surface area (Å²) >= 11 is 1.30. The molecule has 1 atom stereocenters. The van der Waals surface area contributed by atoms with Crippen LogP contribution in [0.2, 0.25) is 0 Å². The van der Waals surface area contributed by atoms with Crippen molar-refractivity contribution in [1.29, 1.82) is 0 Å². The third-order valence-electron chi connectivity index (χ3n) is 4.80. The van der Waals surface area contributed by atoms with Crippen molar-refractivity contribution in [2.24, 2.45) is 5.73 Å². The fourth-order valence-corrected chi connectivity index (χ4v) is 4.81. The molecule has 2 aromatic rings. The van der Waals surface area contributed by atoms with Crippen molar-refractivity contribution in [2.75, 3.05) is 5.73 Å². The Morgan fingerprint density at radius 2 is 2.04 bits per heavy atom. The first-order chi connectivity index (χ1) is 11.5. The number of thiophene rings is 1. The molecular weight excluding hydrogens is 380 g/mol. The Morgan fingerprint density at radius 3 is 2.64 bits per heavy atom. The van der Waals surface area contributed by atoms with E-state index in [1.807, 2.05) is 30.3 Å². The van der Waals surface area contributed by atoms with Crippen LogP contribution < -0.4 is 11.5 Å². The van der Waals surface area contributed by atoms with E-state index in [0.29, 0.717) is 34.8 Å². The zero-order chi connectivity index (χ0) is 17.3.